The van der Waals surface area contributed by atoms with E-state index in [1.807, 2.05) is 30.3 Å². The van der Waals surface area contributed by atoms with Crippen LogP contribution in [-0.2, 0) is 16.1 Å². The number of carbonyl (C=O) groups is 3. The van der Waals surface area contributed by atoms with E-state index in [2.05, 4.69) is 0 Å². The first-order valence-corrected chi connectivity index (χ1v) is 12.4. The van der Waals surface area contributed by atoms with Crippen molar-refractivity contribution < 1.29 is 33.7 Å². The fraction of sp³-hybridized carbons (Fsp3) is 0.300. The number of carboxylic acid groups (broad SMARTS) is 1. The Morgan fingerprint density at radius 3 is 1.92 bits per heavy atom. The number of methoxy groups -OCH3 is 2. The zero-order valence-corrected chi connectivity index (χ0v) is 21.5. The van der Waals surface area contributed by atoms with Gasteiger partial charge in [0, 0.05) is 18.7 Å². The van der Waals surface area contributed by atoms with Gasteiger partial charge in [-0.25, -0.2) is 4.79 Å². The van der Waals surface area contributed by atoms with Gasteiger partial charge in [0.15, 0.2) is 5.78 Å². The predicted molar refractivity (Wildman–Crippen MR) is 141 cm³/mol. The summed E-state index contributed by atoms with van der Waals surface area (Å²) in [5, 5.41) is 10.5. The molecule has 0 radical (unpaired) electrons. The Bertz CT molecular complexity index is 1250. The van der Waals surface area contributed by atoms with E-state index in [4.69, 9.17) is 14.2 Å². The molecule has 1 fully saturated rings. The molecule has 4 rings (SSSR count). The van der Waals surface area contributed by atoms with Crippen molar-refractivity contribution in [2.45, 2.75) is 25.4 Å². The zero-order chi connectivity index (χ0) is 27.1. The molecule has 1 saturated heterocycles. The van der Waals surface area contributed by atoms with Gasteiger partial charge < -0.3 is 24.2 Å². The molecule has 38 heavy (non-hydrogen) atoms. The highest BCUT2D eigenvalue weighted by molar-refractivity contribution is 6.04. The minimum absolute atomic E-state index is 0.0986. The molecular formula is C30H31NO7. The second-order valence-electron chi connectivity index (χ2n) is 9.29. The second-order valence-corrected chi connectivity index (χ2v) is 9.29. The molecule has 1 unspecified atom stereocenters. The van der Waals surface area contributed by atoms with Crippen molar-refractivity contribution in [3.63, 3.8) is 0 Å². The number of carboxylic acids is 1. The number of rotatable bonds is 9. The van der Waals surface area contributed by atoms with Gasteiger partial charge in [0.2, 0.25) is 0 Å². The van der Waals surface area contributed by atoms with Crippen LogP contribution in [0.5, 0.6) is 11.5 Å². The first kappa shape index (κ1) is 26.7. The Morgan fingerprint density at radius 2 is 1.39 bits per heavy atom. The first-order chi connectivity index (χ1) is 18.4. The highest BCUT2D eigenvalue weighted by Crippen LogP contribution is 2.47. The lowest BCUT2D eigenvalue weighted by atomic mass is 9.63. The average molecular weight is 518 g/mol. The molecule has 198 valence electrons. The smallest absolute Gasteiger partial charge is 0.410 e. The Kier molecular flexibility index (Phi) is 8.31. The van der Waals surface area contributed by atoms with Crippen molar-refractivity contribution in [2.75, 3.05) is 27.3 Å². The van der Waals surface area contributed by atoms with Crippen molar-refractivity contribution in [3.8, 4) is 11.5 Å². The van der Waals surface area contributed by atoms with Crippen molar-refractivity contribution in [2.24, 2.45) is 5.41 Å². The van der Waals surface area contributed by atoms with Crippen LogP contribution >= 0.6 is 0 Å². The van der Waals surface area contributed by atoms with E-state index in [1.165, 1.54) is 12.0 Å². The highest BCUT2D eigenvalue weighted by atomic mass is 16.6. The number of nitrogens with zero attached hydrogens (tertiary/aromatic N) is 1. The number of amides is 1. The highest BCUT2D eigenvalue weighted by Gasteiger charge is 2.52. The van der Waals surface area contributed by atoms with Gasteiger partial charge in [-0.3, -0.25) is 9.59 Å². The number of hydrogen-bond donors (Lipinski definition) is 1. The number of hydrogen-bond acceptors (Lipinski definition) is 6. The van der Waals surface area contributed by atoms with Gasteiger partial charge in [-0.2, -0.15) is 0 Å². The lowest BCUT2D eigenvalue weighted by molar-refractivity contribution is -0.153. The molecule has 8 nitrogen and oxygen atoms in total. The Balaban J connectivity index is 1.60. The van der Waals surface area contributed by atoms with E-state index >= 15 is 0 Å². The lowest BCUT2D eigenvalue weighted by Gasteiger charge is -2.42. The molecule has 1 aliphatic rings. The number of likely N-dealkylation sites (tertiary alicyclic amines) is 1. The van der Waals surface area contributed by atoms with Gasteiger partial charge in [0.1, 0.15) is 18.1 Å². The molecule has 1 atom stereocenters. The van der Waals surface area contributed by atoms with Crippen molar-refractivity contribution >= 4 is 17.8 Å². The molecule has 0 aromatic heterocycles. The van der Waals surface area contributed by atoms with Crippen LogP contribution < -0.4 is 9.47 Å². The monoisotopic (exact) mass is 517 g/mol. The summed E-state index contributed by atoms with van der Waals surface area (Å²) >= 11 is 0. The molecule has 1 N–H and O–H groups in total. The summed E-state index contributed by atoms with van der Waals surface area (Å²) < 4.78 is 15.9. The predicted octanol–water partition coefficient (Wildman–Crippen LogP) is 5.17. The second kappa shape index (κ2) is 11.8. The van der Waals surface area contributed by atoms with E-state index in [0.29, 0.717) is 22.6 Å². The van der Waals surface area contributed by atoms with Crippen LogP contribution in [-0.4, -0.2) is 55.2 Å². The minimum Gasteiger partial charge on any atom is -0.497 e. The summed E-state index contributed by atoms with van der Waals surface area (Å²) in [6.07, 6.45) is -0.307. The van der Waals surface area contributed by atoms with Crippen LogP contribution in [0.1, 0.15) is 40.2 Å². The molecule has 8 heteroatoms. The Morgan fingerprint density at radius 1 is 0.842 bits per heavy atom. The van der Waals surface area contributed by atoms with Crippen molar-refractivity contribution in [1.82, 2.24) is 4.90 Å². The quantitative estimate of drug-likeness (QED) is 0.391. The number of piperidine rings is 1. The summed E-state index contributed by atoms with van der Waals surface area (Å²) in [5.41, 5.74) is 0.412. The minimum atomic E-state index is -1.41. The Labute approximate surface area is 221 Å². The number of benzene rings is 3. The van der Waals surface area contributed by atoms with Gasteiger partial charge in [-0.15, -0.1) is 0 Å². The summed E-state index contributed by atoms with van der Waals surface area (Å²) in [5.74, 6) is -1.15. The summed E-state index contributed by atoms with van der Waals surface area (Å²) in [6.45, 7) is 0.440. The fourth-order valence-corrected chi connectivity index (χ4v) is 4.96. The summed E-state index contributed by atoms with van der Waals surface area (Å²) in [6, 6.07) is 22.9. The van der Waals surface area contributed by atoms with Gasteiger partial charge in [-0.05, 0) is 60.4 Å². The van der Waals surface area contributed by atoms with Crippen molar-refractivity contribution in [3.05, 3.63) is 95.6 Å². The largest absolute Gasteiger partial charge is 0.497 e. The normalized spacial score (nSPS) is 15.3. The van der Waals surface area contributed by atoms with E-state index in [9.17, 15) is 19.5 Å². The SMILES string of the molecule is COc1ccc(C(=O)C(c2ccc(OC)cc2)C2(C(=O)O)CCN(C(=O)OCc3ccccc3)CC2)cc1. The topological polar surface area (TPSA) is 102 Å². The molecule has 0 spiro atoms. The summed E-state index contributed by atoms with van der Waals surface area (Å²) in [4.78, 5) is 41.1. The number of Topliss-reactive ketones (excluding diaryl/α,β-unsaturated/α-hetero) is 1. The van der Waals surface area contributed by atoms with Gasteiger partial charge in [0.05, 0.1) is 25.6 Å². The fourth-order valence-electron chi connectivity index (χ4n) is 4.96. The molecule has 0 saturated carbocycles. The van der Waals surface area contributed by atoms with Crippen LogP contribution in [0.3, 0.4) is 0 Å². The van der Waals surface area contributed by atoms with Crippen LogP contribution in [0.15, 0.2) is 78.9 Å². The molecule has 3 aromatic rings. The van der Waals surface area contributed by atoms with Gasteiger partial charge in [-0.1, -0.05) is 42.5 Å². The third-order valence-corrected chi connectivity index (χ3v) is 7.18. The standard InChI is InChI=1S/C30H31NO7/c1-36-24-12-8-22(9-13-24)26(27(32)23-10-14-25(37-2)15-11-23)30(28(33)34)16-18-31(19-17-30)29(35)38-20-21-6-4-3-5-7-21/h3-15,26H,16-20H2,1-2H3,(H,33,34). The number of carbonyl (C=O) groups excluding carboxylic acids is 2. The first-order valence-electron chi connectivity index (χ1n) is 12.4. The van der Waals surface area contributed by atoms with Crippen LogP contribution in [0.2, 0.25) is 0 Å². The number of ketones is 1. The molecule has 1 heterocycles. The molecule has 3 aromatic carbocycles. The zero-order valence-electron chi connectivity index (χ0n) is 21.5. The average Bonchev–Trinajstić information content (AvgIpc) is 2.97. The molecule has 1 amide bonds. The molecule has 0 bridgehead atoms. The van der Waals surface area contributed by atoms with Gasteiger partial charge >= 0.3 is 12.1 Å². The van der Waals surface area contributed by atoms with Gasteiger partial charge in [0.25, 0.3) is 0 Å². The Hall–Kier alpha value is -4.33. The van der Waals surface area contributed by atoms with Crippen LogP contribution in [0, 0.1) is 5.41 Å². The van der Waals surface area contributed by atoms with E-state index < -0.39 is 23.4 Å². The van der Waals surface area contributed by atoms with E-state index in [-0.39, 0.29) is 38.3 Å². The van der Waals surface area contributed by atoms with E-state index in [0.717, 1.165) is 5.56 Å². The maximum absolute atomic E-state index is 13.9. The van der Waals surface area contributed by atoms with Crippen LogP contribution in [0.25, 0.3) is 0 Å². The maximum atomic E-state index is 13.9. The lowest BCUT2D eigenvalue weighted by Crippen LogP contribution is -2.51. The molecular weight excluding hydrogens is 486 g/mol. The third kappa shape index (κ3) is 5.64. The molecule has 1 aliphatic heterocycles. The molecule has 0 aliphatic carbocycles. The number of aliphatic carboxylic acids is 1. The van der Waals surface area contributed by atoms with E-state index in [1.54, 1.807) is 55.6 Å². The third-order valence-electron chi connectivity index (χ3n) is 7.18. The number of ether oxygens (including phenoxy) is 3. The maximum Gasteiger partial charge on any atom is 0.410 e. The van der Waals surface area contributed by atoms with Crippen molar-refractivity contribution in [1.29, 1.82) is 0 Å². The van der Waals surface area contributed by atoms with Crippen LogP contribution in [0.4, 0.5) is 4.79 Å². The summed E-state index contributed by atoms with van der Waals surface area (Å²) in [7, 11) is 3.08.